The number of aliphatic hydroxyl groups excluding tert-OH is 1. The first-order valence-electron chi connectivity index (χ1n) is 7.72. The third-order valence-corrected chi connectivity index (χ3v) is 3.79. The van der Waals surface area contributed by atoms with Crippen molar-refractivity contribution in [2.24, 2.45) is 0 Å². The predicted octanol–water partition coefficient (Wildman–Crippen LogP) is 0.633. The molecule has 1 heterocycles. The summed E-state index contributed by atoms with van der Waals surface area (Å²) in [7, 11) is 3.18. The van der Waals surface area contributed by atoms with Gasteiger partial charge >= 0.3 is 0 Å². The van der Waals surface area contributed by atoms with E-state index in [1.54, 1.807) is 11.9 Å². The van der Waals surface area contributed by atoms with Crippen LogP contribution in [-0.2, 0) is 14.3 Å². The molecule has 1 rings (SSSR count). The largest absolute Gasteiger partial charge is 0.389 e. The molecule has 0 saturated carbocycles. The van der Waals surface area contributed by atoms with Gasteiger partial charge in [-0.05, 0) is 25.7 Å². The molecule has 21 heavy (non-hydrogen) atoms. The molecule has 2 atom stereocenters. The Labute approximate surface area is 127 Å². The van der Waals surface area contributed by atoms with Gasteiger partial charge in [0.1, 0.15) is 6.04 Å². The number of ether oxygens (including phenoxy) is 1. The molecule has 0 bridgehead atoms. The van der Waals surface area contributed by atoms with Crippen molar-refractivity contribution in [3.63, 3.8) is 0 Å². The van der Waals surface area contributed by atoms with Gasteiger partial charge in [-0.15, -0.1) is 0 Å². The SMILES string of the molecule is CCCC(=O)N1CCCCC1C(=O)N(C)CC(O)COC. The van der Waals surface area contributed by atoms with Gasteiger partial charge in [0.05, 0.1) is 12.7 Å². The summed E-state index contributed by atoms with van der Waals surface area (Å²) in [6.45, 7) is 3.04. The highest BCUT2D eigenvalue weighted by Gasteiger charge is 2.33. The molecule has 6 nitrogen and oxygen atoms in total. The Balaban J connectivity index is 2.65. The normalized spacial score (nSPS) is 20.2. The summed E-state index contributed by atoms with van der Waals surface area (Å²) >= 11 is 0. The number of hydrogen-bond acceptors (Lipinski definition) is 4. The smallest absolute Gasteiger partial charge is 0.245 e. The highest BCUT2D eigenvalue weighted by molar-refractivity contribution is 5.87. The first kappa shape index (κ1) is 17.9. The van der Waals surface area contributed by atoms with Gasteiger partial charge in [0.2, 0.25) is 11.8 Å². The summed E-state index contributed by atoms with van der Waals surface area (Å²) in [4.78, 5) is 27.9. The van der Waals surface area contributed by atoms with E-state index < -0.39 is 6.10 Å². The molecule has 1 N–H and O–H groups in total. The topological polar surface area (TPSA) is 70.1 Å². The molecule has 1 aliphatic rings. The average Bonchev–Trinajstić information content (AvgIpc) is 2.46. The number of hydrogen-bond donors (Lipinski definition) is 1. The second-order valence-electron chi connectivity index (χ2n) is 5.68. The summed E-state index contributed by atoms with van der Waals surface area (Å²) in [5.74, 6) is -0.0318. The van der Waals surface area contributed by atoms with Crippen molar-refractivity contribution < 1.29 is 19.4 Å². The van der Waals surface area contributed by atoms with Crippen LogP contribution < -0.4 is 0 Å². The molecular formula is C15H28N2O4. The molecule has 2 amide bonds. The number of rotatable bonds is 7. The van der Waals surface area contributed by atoms with E-state index in [0.717, 1.165) is 19.3 Å². The van der Waals surface area contributed by atoms with Gasteiger partial charge in [-0.3, -0.25) is 9.59 Å². The van der Waals surface area contributed by atoms with Gasteiger partial charge in [-0.1, -0.05) is 6.92 Å². The minimum absolute atomic E-state index is 0.0568. The molecule has 0 aromatic heterocycles. The lowest BCUT2D eigenvalue weighted by molar-refractivity contribution is -0.147. The number of methoxy groups -OCH3 is 1. The molecule has 1 saturated heterocycles. The van der Waals surface area contributed by atoms with Crippen LogP contribution in [-0.4, -0.2) is 72.7 Å². The van der Waals surface area contributed by atoms with Crippen molar-refractivity contribution in [3.8, 4) is 0 Å². The lowest BCUT2D eigenvalue weighted by Crippen LogP contribution is -2.53. The Bertz CT molecular complexity index is 349. The van der Waals surface area contributed by atoms with Crippen LogP contribution in [0.4, 0.5) is 0 Å². The summed E-state index contributed by atoms with van der Waals surface area (Å²) < 4.78 is 4.87. The van der Waals surface area contributed by atoms with Crippen LogP contribution in [0.2, 0.25) is 0 Å². The third-order valence-electron chi connectivity index (χ3n) is 3.79. The molecule has 1 aliphatic heterocycles. The monoisotopic (exact) mass is 300 g/mol. The van der Waals surface area contributed by atoms with E-state index >= 15 is 0 Å². The summed E-state index contributed by atoms with van der Waals surface area (Å²) in [5, 5.41) is 9.73. The fourth-order valence-electron chi connectivity index (χ4n) is 2.75. The number of carbonyl (C=O) groups is 2. The zero-order valence-corrected chi connectivity index (χ0v) is 13.4. The molecule has 0 aromatic rings. The van der Waals surface area contributed by atoms with E-state index in [4.69, 9.17) is 4.74 Å². The second-order valence-corrected chi connectivity index (χ2v) is 5.68. The highest BCUT2D eigenvalue weighted by atomic mass is 16.5. The number of likely N-dealkylation sites (tertiary alicyclic amines) is 1. The Morgan fingerprint density at radius 1 is 1.43 bits per heavy atom. The van der Waals surface area contributed by atoms with E-state index in [-0.39, 0.29) is 31.0 Å². The molecule has 1 fully saturated rings. The molecule has 0 spiro atoms. The minimum Gasteiger partial charge on any atom is -0.389 e. The minimum atomic E-state index is -0.702. The van der Waals surface area contributed by atoms with Crippen molar-refractivity contribution >= 4 is 11.8 Å². The maximum absolute atomic E-state index is 12.5. The Hall–Kier alpha value is -1.14. The van der Waals surface area contributed by atoms with E-state index in [1.807, 2.05) is 6.92 Å². The fourth-order valence-corrected chi connectivity index (χ4v) is 2.75. The van der Waals surface area contributed by atoms with Crippen molar-refractivity contribution in [1.82, 2.24) is 9.80 Å². The van der Waals surface area contributed by atoms with Crippen LogP contribution in [0.5, 0.6) is 0 Å². The average molecular weight is 300 g/mol. The summed E-state index contributed by atoms with van der Waals surface area (Å²) in [5.41, 5.74) is 0. The molecule has 0 aromatic carbocycles. The van der Waals surface area contributed by atoms with Gasteiger partial charge in [-0.25, -0.2) is 0 Å². The molecule has 0 radical (unpaired) electrons. The quantitative estimate of drug-likeness (QED) is 0.749. The Morgan fingerprint density at radius 3 is 2.76 bits per heavy atom. The lowest BCUT2D eigenvalue weighted by atomic mass is 10.00. The van der Waals surface area contributed by atoms with Gasteiger partial charge in [-0.2, -0.15) is 0 Å². The van der Waals surface area contributed by atoms with Crippen LogP contribution in [0, 0.1) is 0 Å². The van der Waals surface area contributed by atoms with Crippen LogP contribution in [0.15, 0.2) is 0 Å². The molecule has 2 unspecified atom stereocenters. The first-order valence-corrected chi connectivity index (χ1v) is 7.72. The number of aliphatic hydroxyl groups is 1. The van der Waals surface area contributed by atoms with Gasteiger partial charge < -0.3 is 19.6 Å². The maximum atomic E-state index is 12.5. The van der Waals surface area contributed by atoms with E-state index in [9.17, 15) is 14.7 Å². The predicted molar refractivity (Wildman–Crippen MR) is 79.8 cm³/mol. The van der Waals surface area contributed by atoms with E-state index in [0.29, 0.717) is 19.4 Å². The van der Waals surface area contributed by atoms with E-state index in [2.05, 4.69) is 0 Å². The van der Waals surface area contributed by atoms with Crippen molar-refractivity contribution in [2.45, 2.75) is 51.2 Å². The maximum Gasteiger partial charge on any atom is 0.245 e. The Morgan fingerprint density at radius 2 is 2.14 bits per heavy atom. The standard InChI is InChI=1S/C15H28N2O4/c1-4-7-14(19)17-9-6-5-8-13(17)15(20)16(2)10-12(18)11-21-3/h12-13,18H,4-11H2,1-3H3. The van der Waals surface area contributed by atoms with Crippen LogP contribution >= 0.6 is 0 Å². The summed E-state index contributed by atoms with van der Waals surface area (Å²) in [6.07, 6.45) is 3.19. The van der Waals surface area contributed by atoms with E-state index in [1.165, 1.54) is 12.0 Å². The molecule has 0 aliphatic carbocycles. The molecule has 6 heteroatoms. The lowest BCUT2D eigenvalue weighted by Gasteiger charge is -2.37. The van der Waals surface area contributed by atoms with Crippen LogP contribution in [0.25, 0.3) is 0 Å². The van der Waals surface area contributed by atoms with Crippen LogP contribution in [0.3, 0.4) is 0 Å². The number of likely N-dealkylation sites (N-methyl/N-ethyl adjacent to an activating group) is 1. The van der Waals surface area contributed by atoms with Crippen molar-refractivity contribution in [1.29, 1.82) is 0 Å². The highest BCUT2D eigenvalue weighted by Crippen LogP contribution is 2.20. The fraction of sp³-hybridized carbons (Fsp3) is 0.867. The molecule has 122 valence electrons. The third kappa shape index (κ3) is 5.28. The van der Waals surface area contributed by atoms with Gasteiger partial charge in [0.15, 0.2) is 0 Å². The van der Waals surface area contributed by atoms with Gasteiger partial charge in [0.25, 0.3) is 0 Å². The zero-order chi connectivity index (χ0) is 15.8. The van der Waals surface area contributed by atoms with Crippen molar-refractivity contribution in [2.75, 3.05) is 33.9 Å². The number of piperidine rings is 1. The number of carbonyl (C=O) groups excluding carboxylic acids is 2. The first-order chi connectivity index (χ1) is 10.0. The number of amides is 2. The number of nitrogens with zero attached hydrogens (tertiary/aromatic N) is 2. The van der Waals surface area contributed by atoms with Gasteiger partial charge in [0, 0.05) is 33.7 Å². The Kier molecular flexibility index (Phi) is 7.67. The summed E-state index contributed by atoms with van der Waals surface area (Å²) in [6, 6.07) is -0.377. The van der Waals surface area contributed by atoms with Crippen LogP contribution in [0.1, 0.15) is 39.0 Å². The second kappa shape index (κ2) is 9.00. The van der Waals surface area contributed by atoms with Crippen molar-refractivity contribution in [3.05, 3.63) is 0 Å². The zero-order valence-electron chi connectivity index (χ0n) is 13.4. The molecular weight excluding hydrogens is 272 g/mol.